The Hall–Kier alpha value is -1.36. The first-order chi connectivity index (χ1) is 8.16. The maximum absolute atomic E-state index is 10.6. The predicted octanol–water partition coefficient (Wildman–Crippen LogP) is 2.04. The summed E-state index contributed by atoms with van der Waals surface area (Å²) in [7, 11) is 0. The summed E-state index contributed by atoms with van der Waals surface area (Å²) in [6, 6.07) is 1.91. The van der Waals surface area contributed by atoms with E-state index < -0.39 is 5.97 Å². The van der Waals surface area contributed by atoms with Crippen LogP contribution in [0.25, 0.3) is 0 Å². The van der Waals surface area contributed by atoms with Crippen molar-refractivity contribution in [1.29, 1.82) is 0 Å². The smallest absolute Gasteiger partial charge is 0.358 e. The number of aromatic nitrogens is 1. The molecular formula is C12H18N2O3. The van der Waals surface area contributed by atoms with Gasteiger partial charge in [-0.2, -0.15) is 0 Å². The van der Waals surface area contributed by atoms with Crippen molar-refractivity contribution in [2.75, 3.05) is 0 Å². The van der Waals surface area contributed by atoms with Crippen LogP contribution in [-0.4, -0.2) is 22.3 Å². The summed E-state index contributed by atoms with van der Waals surface area (Å²) in [6.45, 7) is 2.71. The minimum absolute atomic E-state index is 0.0321. The Morgan fingerprint density at radius 3 is 2.94 bits per heavy atom. The highest BCUT2D eigenvalue weighted by atomic mass is 16.5. The van der Waals surface area contributed by atoms with Gasteiger partial charge in [0.1, 0.15) is 0 Å². The van der Waals surface area contributed by atoms with Gasteiger partial charge in [0.25, 0.3) is 0 Å². The molecule has 0 radical (unpaired) electrons. The monoisotopic (exact) mass is 238 g/mol. The molecular weight excluding hydrogens is 220 g/mol. The van der Waals surface area contributed by atoms with Crippen LogP contribution in [0.4, 0.5) is 0 Å². The van der Waals surface area contributed by atoms with Crippen molar-refractivity contribution < 1.29 is 14.4 Å². The number of hydrogen-bond acceptors (Lipinski definition) is 4. The van der Waals surface area contributed by atoms with Crippen LogP contribution in [0.2, 0.25) is 0 Å². The highest BCUT2D eigenvalue weighted by Crippen LogP contribution is 2.27. The molecule has 2 N–H and O–H groups in total. The Morgan fingerprint density at radius 1 is 1.65 bits per heavy atom. The molecule has 1 atom stereocenters. The molecule has 1 aromatic rings. The normalized spacial score (nSPS) is 18.4. The van der Waals surface area contributed by atoms with Gasteiger partial charge < -0.3 is 14.9 Å². The molecule has 0 aromatic carbocycles. The number of aromatic carboxylic acids is 1. The molecule has 5 nitrogen and oxygen atoms in total. The molecule has 0 amide bonds. The number of rotatable bonds is 5. The lowest BCUT2D eigenvalue weighted by Gasteiger charge is -2.19. The van der Waals surface area contributed by atoms with Gasteiger partial charge in [-0.15, -0.1) is 0 Å². The molecule has 0 saturated heterocycles. The SMILES string of the molecule is C[C@H](NCc1cc(C(=O)O)no1)C1CCCC1. The number of carboxylic acid groups (broad SMARTS) is 1. The van der Waals surface area contributed by atoms with Crippen molar-refractivity contribution >= 4 is 5.97 Å². The molecule has 1 aliphatic rings. The molecule has 0 aliphatic heterocycles. The first-order valence-corrected chi connectivity index (χ1v) is 6.09. The van der Waals surface area contributed by atoms with E-state index in [1.165, 1.54) is 31.7 Å². The number of hydrogen-bond donors (Lipinski definition) is 2. The Morgan fingerprint density at radius 2 is 2.35 bits per heavy atom. The van der Waals surface area contributed by atoms with Crippen LogP contribution in [-0.2, 0) is 6.54 Å². The number of carbonyl (C=O) groups is 1. The van der Waals surface area contributed by atoms with E-state index >= 15 is 0 Å². The van der Waals surface area contributed by atoms with Crippen molar-refractivity contribution in [3.63, 3.8) is 0 Å². The lowest BCUT2D eigenvalue weighted by molar-refractivity contribution is 0.0685. The van der Waals surface area contributed by atoms with Gasteiger partial charge in [0.05, 0.1) is 6.54 Å². The molecule has 0 bridgehead atoms. The first kappa shape index (κ1) is 12.1. The van der Waals surface area contributed by atoms with E-state index in [0.29, 0.717) is 18.3 Å². The Bertz CT molecular complexity index is 383. The highest BCUT2D eigenvalue weighted by Gasteiger charge is 2.21. The van der Waals surface area contributed by atoms with Crippen LogP contribution in [0.1, 0.15) is 48.9 Å². The summed E-state index contributed by atoms with van der Waals surface area (Å²) in [5, 5.41) is 15.5. The molecule has 5 heteroatoms. The standard InChI is InChI=1S/C12H18N2O3/c1-8(9-4-2-3-5-9)13-7-10-6-11(12(15)16)14-17-10/h6,8-9,13H,2-5,7H2,1H3,(H,15,16)/t8-/m0/s1. The van der Waals surface area contributed by atoms with E-state index in [2.05, 4.69) is 17.4 Å². The van der Waals surface area contributed by atoms with E-state index in [1.54, 1.807) is 0 Å². The Kier molecular flexibility index (Phi) is 3.78. The maximum Gasteiger partial charge on any atom is 0.358 e. The van der Waals surface area contributed by atoms with Crippen LogP contribution >= 0.6 is 0 Å². The maximum atomic E-state index is 10.6. The zero-order valence-corrected chi connectivity index (χ0v) is 9.98. The quantitative estimate of drug-likeness (QED) is 0.821. The van der Waals surface area contributed by atoms with Gasteiger partial charge in [-0.1, -0.05) is 18.0 Å². The minimum Gasteiger partial charge on any atom is -0.476 e. The van der Waals surface area contributed by atoms with Crippen LogP contribution in [0.5, 0.6) is 0 Å². The fourth-order valence-corrected chi connectivity index (χ4v) is 2.38. The Labute approximate surface area is 100 Å². The third kappa shape index (κ3) is 3.06. The zero-order valence-electron chi connectivity index (χ0n) is 9.98. The number of nitrogens with one attached hydrogen (secondary N) is 1. The molecule has 1 heterocycles. The topological polar surface area (TPSA) is 75.4 Å². The van der Waals surface area contributed by atoms with Crippen LogP contribution < -0.4 is 5.32 Å². The average molecular weight is 238 g/mol. The van der Waals surface area contributed by atoms with E-state index in [9.17, 15) is 4.79 Å². The fourth-order valence-electron chi connectivity index (χ4n) is 2.38. The summed E-state index contributed by atoms with van der Waals surface area (Å²) in [5.41, 5.74) is -0.0321. The predicted molar refractivity (Wildman–Crippen MR) is 61.7 cm³/mol. The molecule has 1 aromatic heterocycles. The highest BCUT2D eigenvalue weighted by molar-refractivity contribution is 5.85. The molecule has 1 fully saturated rings. The third-order valence-electron chi connectivity index (χ3n) is 3.48. The molecule has 1 aliphatic carbocycles. The molecule has 0 unspecified atom stereocenters. The lowest BCUT2D eigenvalue weighted by atomic mass is 10.00. The van der Waals surface area contributed by atoms with Gasteiger partial charge in [0, 0.05) is 12.1 Å². The van der Waals surface area contributed by atoms with Crippen molar-refractivity contribution in [3.8, 4) is 0 Å². The second-order valence-electron chi connectivity index (χ2n) is 4.70. The van der Waals surface area contributed by atoms with Crippen LogP contribution in [0.15, 0.2) is 10.6 Å². The molecule has 94 valence electrons. The summed E-state index contributed by atoms with van der Waals surface area (Å²) >= 11 is 0. The van der Waals surface area contributed by atoms with Gasteiger partial charge in [0.15, 0.2) is 11.5 Å². The van der Waals surface area contributed by atoms with E-state index in [0.717, 1.165) is 5.92 Å². The lowest BCUT2D eigenvalue weighted by Crippen LogP contribution is -2.31. The fraction of sp³-hybridized carbons (Fsp3) is 0.667. The largest absolute Gasteiger partial charge is 0.476 e. The van der Waals surface area contributed by atoms with Crippen molar-refractivity contribution in [1.82, 2.24) is 10.5 Å². The summed E-state index contributed by atoms with van der Waals surface area (Å²) in [5.74, 6) is 0.257. The second-order valence-corrected chi connectivity index (χ2v) is 4.70. The number of carboxylic acids is 1. The zero-order chi connectivity index (χ0) is 12.3. The van der Waals surface area contributed by atoms with Gasteiger partial charge in [-0.3, -0.25) is 0 Å². The first-order valence-electron chi connectivity index (χ1n) is 6.09. The summed E-state index contributed by atoms with van der Waals surface area (Å²) in [4.78, 5) is 10.6. The summed E-state index contributed by atoms with van der Waals surface area (Å²) in [6.07, 6.45) is 5.21. The molecule has 1 saturated carbocycles. The third-order valence-corrected chi connectivity index (χ3v) is 3.48. The Balaban J connectivity index is 1.82. The second kappa shape index (κ2) is 5.31. The molecule has 17 heavy (non-hydrogen) atoms. The van der Waals surface area contributed by atoms with Crippen molar-refractivity contribution in [3.05, 3.63) is 17.5 Å². The van der Waals surface area contributed by atoms with Crippen molar-refractivity contribution in [2.45, 2.75) is 45.2 Å². The van der Waals surface area contributed by atoms with E-state index in [-0.39, 0.29) is 5.69 Å². The van der Waals surface area contributed by atoms with E-state index in [1.807, 2.05) is 0 Å². The van der Waals surface area contributed by atoms with Gasteiger partial charge in [-0.25, -0.2) is 4.79 Å². The van der Waals surface area contributed by atoms with E-state index in [4.69, 9.17) is 9.63 Å². The summed E-state index contributed by atoms with van der Waals surface area (Å²) < 4.78 is 4.95. The average Bonchev–Trinajstić information content (AvgIpc) is 2.97. The van der Waals surface area contributed by atoms with Crippen LogP contribution in [0, 0.1) is 5.92 Å². The molecule has 0 spiro atoms. The molecule has 2 rings (SSSR count). The number of nitrogens with zero attached hydrogens (tertiary/aromatic N) is 1. The van der Waals surface area contributed by atoms with Gasteiger partial charge in [0.2, 0.25) is 0 Å². The van der Waals surface area contributed by atoms with Gasteiger partial charge in [-0.05, 0) is 25.7 Å². The van der Waals surface area contributed by atoms with Crippen molar-refractivity contribution in [2.24, 2.45) is 5.92 Å². The minimum atomic E-state index is -1.05. The van der Waals surface area contributed by atoms with Crippen LogP contribution in [0.3, 0.4) is 0 Å². The van der Waals surface area contributed by atoms with Gasteiger partial charge >= 0.3 is 5.97 Å².